The van der Waals surface area contributed by atoms with E-state index in [-0.39, 0.29) is 0 Å². The highest BCUT2D eigenvalue weighted by Crippen LogP contribution is 2.32. The van der Waals surface area contributed by atoms with Crippen molar-refractivity contribution < 1.29 is 18.3 Å². The molecule has 0 bridgehead atoms. The third kappa shape index (κ3) is 5.53. The first kappa shape index (κ1) is 23.9. The fourth-order valence-electron chi connectivity index (χ4n) is 4.25. The Hall–Kier alpha value is -3.82. The lowest BCUT2D eigenvalue weighted by molar-refractivity contribution is 0.0358. The van der Waals surface area contributed by atoms with Crippen LogP contribution in [-0.4, -0.2) is 54.3 Å². The maximum Gasteiger partial charge on any atom is 0.144 e. The molecule has 1 fully saturated rings. The molecule has 3 aromatic carbocycles. The summed E-state index contributed by atoms with van der Waals surface area (Å²) in [5.74, 6) is -0.0916. The molecule has 0 atom stereocenters. The Kier molecular flexibility index (Phi) is 7.20. The average molecular weight is 492 g/mol. The molecule has 9 heteroatoms. The van der Waals surface area contributed by atoms with Crippen molar-refractivity contribution in [2.75, 3.05) is 50.5 Å². The van der Waals surface area contributed by atoms with Gasteiger partial charge in [0.05, 0.1) is 31.0 Å². The molecule has 7 nitrogen and oxygen atoms in total. The van der Waals surface area contributed by atoms with Crippen molar-refractivity contribution in [1.29, 1.82) is 0 Å². The maximum absolute atomic E-state index is 14.3. The van der Waals surface area contributed by atoms with Gasteiger partial charge in [-0.1, -0.05) is 12.1 Å². The van der Waals surface area contributed by atoms with Crippen molar-refractivity contribution in [1.82, 2.24) is 14.9 Å². The zero-order chi connectivity index (χ0) is 24.9. The van der Waals surface area contributed by atoms with Crippen molar-refractivity contribution >= 4 is 28.1 Å². The van der Waals surface area contributed by atoms with E-state index in [2.05, 4.69) is 20.2 Å². The van der Waals surface area contributed by atoms with Gasteiger partial charge >= 0.3 is 0 Å². The molecular weight excluding hydrogens is 464 g/mol. The summed E-state index contributed by atoms with van der Waals surface area (Å²) < 4.78 is 38.9. The molecule has 0 radical (unpaired) electrons. The summed E-state index contributed by atoms with van der Waals surface area (Å²) in [7, 11) is 0. The van der Waals surface area contributed by atoms with Gasteiger partial charge in [-0.05, 0) is 42.3 Å². The predicted molar refractivity (Wildman–Crippen MR) is 136 cm³/mol. The molecule has 36 heavy (non-hydrogen) atoms. The van der Waals surface area contributed by atoms with Crippen LogP contribution in [-0.2, 0) is 4.74 Å². The molecule has 0 unspecified atom stereocenters. The van der Waals surface area contributed by atoms with Crippen LogP contribution in [0.3, 0.4) is 0 Å². The zero-order valence-corrected chi connectivity index (χ0v) is 19.7. The highest BCUT2D eigenvalue weighted by molar-refractivity contribution is 5.94. The molecule has 0 spiro atoms. The van der Waals surface area contributed by atoms with Gasteiger partial charge in [-0.25, -0.2) is 18.7 Å². The van der Waals surface area contributed by atoms with E-state index in [1.807, 2.05) is 12.1 Å². The van der Waals surface area contributed by atoms with Crippen molar-refractivity contribution in [3.05, 3.63) is 72.6 Å². The highest BCUT2D eigenvalue weighted by atomic mass is 19.1. The fourth-order valence-corrected chi connectivity index (χ4v) is 4.25. The molecular formula is C27H27F2N5O2. The van der Waals surface area contributed by atoms with Crippen LogP contribution in [0.5, 0.6) is 5.75 Å². The second-order valence-corrected chi connectivity index (χ2v) is 8.62. The van der Waals surface area contributed by atoms with Gasteiger partial charge in [0.1, 0.15) is 29.5 Å². The maximum atomic E-state index is 14.3. The number of nitrogens with one attached hydrogen (secondary N) is 1. The van der Waals surface area contributed by atoms with Crippen molar-refractivity contribution in [2.24, 2.45) is 0 Å². The molecule has 2 heterocycles. The van der Waals surface area contributed by atoms with Crippen LogP contribution in [0.2, 0.25) is 0 Å². The zero-order valence-electron chi connectivity index (χ0n) is 19.7. The summed E-state index contributed by atoms with van der Waals surface area (Å²) >= 11 is 0. The Balaban J connectivity index is 1.31. The number of nitrogens with zero attached hydrogens (tertiary/aromatic N) is 3. The first-order valence-corrected chi connectivity index (χ1v) is 11.9. The van der Waals surface area contributed by atoms with Crippen molar-refractivity contribution in [3.63, 3.8) is 0 Å². The van der Waals surface area contributed by atoms with Gasteiger partial charge in [0.2, 0.25) is 0 Å². The number of hydrogen-bond donors (Lipinski definition) is 2. The number of morpholine rings is 1. The molecule has 5 rings (SSSR count). The fraction of sp³-hybridized carbons (Fsp3) is 0.259. The summed E-state index contributed by atoms with van der Waals surface area (Å²) in [6, 6.07) is 14.3. The summed E-state index contributed by atoms with van der Waals surface area (Å²) in [6.45, 7) is 4.97. The molecule has 1 saturated heterocycles. The molecule has 3 N–H and O–H groups in total. The van der Waals surface area contributed by atoms with Gasteiger partial charge in [-0.2, -0.15) is 0 Å². The van der Waals surface area contributed by atoms with E-state index in [1.165, 1.54) is 18.5 Å². The predicted octanol–water partition coefficient (Wildman–Crippen LogP) is 5.00. The van der Waals surface area contributed by atoms with E-state index in [0.717, 1.165) is 50.7 Å². The number of nitrogen functional groups attached to an aromatic ring is 1. The summed E-state index contributed by atoms with van der Waals surface area (Å²) in [6.07, 6.45) is 2.35. The Morgan fingerprint density at radius 1 is 1.03 bits per heavy atom. The Morgan fingerprint density at radius 2 is 1.89 bits per heavy atom. The van der Waals surface area contributed by atoms with Crippen LogP contribution in [0.4, 0.5) is 26.0 Å². The van der Waals surface area contributed by atoms with E-state index >= 15 is 0 Å². The largest absolute Gasteiger partial charge is 0.491 e. The van der Waals surface area contributed by atoms with Crippen LogP contribution in [0, 0.1) is 11.6 Å². The van der Waals surface area contributed by atoms with Crippen LogP contribution in [0.25, 0.3) is 22.0 Å². The molecule has 4 aromatic rings. The minimum absolute atomic E-state index is 0.312. The first-order valence-electron chi connectivity index (χ1n) is 11.9. The Morgan fingerprint density at radius 3 is 2.72 bits per heavy atom. The summed E-state index contributed by atoms with van der Waals surface area (Å²) in [4.78, 5) is 11.1. The van der Waals surface area contributed by atoms with E-state index < -0.39 is 11.6 Å². The second-order valence-electron chi connectivity index (χ2n) is 8.62. The lowest BCUT2D eigenvalue weighted by Gasteiger charge is -2.26. The number of rotatable bonds is 8. The number of anilines is 3. The van der Waals surface area contributed by atoms with Gasteiger partial charge in [-0.15, -0.1) is 0 Å². The highest BCUT2D eigenvalue weighted by Gasteiger charge is 2.13. The third-order valence-corrected chi connectivity index (χ3v) is 6.11. The molecule has 0 aliphatic carbocycles. The van der Waals surface area contributed by atoms with E-state index in [9.17, 15) is 8.78 Å². The standard InChI is InChI=1S/C27H27F2N5O2/c28-19-5-6-21(23(29)14-19)18-3-1-4-20(13-18)33-27-22-15-24(30)26(16-25(22)31-17-32-27)36-10-2-7-34-8-11-35-12-9-34/h1,3-6,13-17H,2,7-12,30H2,(H,31,32,33). The molecule has 0 amide bonds. The Labute approximate surface area is 207 Å². The number of hydrogen-bond acceptors (Lipinski definition) is 7. The van der Waals surface area contributed by atoms with E-state index in [4.69, 9.17) is 15.2 Å². The lowest BCUT2D eigenvalue weighted by atomic mass is 10.0. The quantitative estimate of drug-likeness (QED) is 0.265. The Bertz CT molecular complexity index is 1360. The number of halogens is 2. The van der Waals surface area contributed by atoms with Crippen LogP contribution >= 0.6 is 0 Å². The third-order valence-electron chi connectivity index (χ3n) is 6.11. The monoisotopic (exact) mass is 491 g/mol. The second kappa shape index (κ2) is 10.8. The van der Waals surface area contributed by atoms with Gasteiger partial charge in [0.15, 0.2) is 0 Å². The number of aromatic nitrogens is 2. The molecule has 1 aliphatic heterocycles. The molecule has 0 saturated carbocycles. The lowest BCUT2D eigenvalue weighted by Crippen LogP contribution is -2.37. The van der Waals surface area contributed by atoms with Gasteiger partial charge in [0, 0.05) is 48.4 Å². The van der Waals surface area contributed by atoms with Gasteiger partial charge in [0.25, 0.3) is 0 Å². The number of fused-ring (bicyclic) bond motifs is 1. The van der Waals surface area contributed by atoms with Gasteiger partial charge < -0.3 is 20.5 Å². The number of nitrogens with two attached hydrogens (primary N) is 1. The smallest absolute Gasteiger partial charge is 0.144 e. The topological polar surface area (TPSA) is 85.5 Å². The minimum Gasteiger partial charge on any atom is -0.491 e. The van der Waals surface area contributed by atoms with Crippen molar-refractivity contribution in [3.8, 4) is 16.9 Å². The SMILES string of the molecule is Nc1cc2c(Nc3cccc(-c4ccc(F)cc4F)c3)ncnc2cc1OCCCN1CCOCC1. The van der Waals surface area contributed by atoms with Crippen LogP contribution in [0.15, 0.2) is 60.9 Å². The summed E-state index contributed by atoms with van der Waals surface area (Å²) in [5.41, 5.74) is 9.09. The normalized spacial score (nSPS) is 14.2. The number of benzene rings is 3. The van der Waals surface area contributed by atoms with E-state index in [0.29, 0.717) is 46.2 Å². The van der Waals surface area contributed by atoms with Crippen molar-refractivity contribution in [2.45, 2.75) is 6.42 Å². The molecule has 186 valence electrons. The minimum atomic E-state index is -0.620. The van der Waals surface area contributed by atoms with E-state index in [1.54, 1.807) is 24.3 Å². The number of ether oxygens (including phenoxy) is 2. The first-order chi connectivity index (χ1) is 17.6. The molecule has 1 aliphatic rings. The van der Waals surface area contributed by atoms with Crippen LogP contribution in [0.1, 0.15) is 6.42 Å². The van der Waals surface area contributed by atoms with Crippen LogP contribution < -0.4 is 15.8 Å². The average Bonchev–Trinajstić information content (AvgIpc) is 2.88. The van der Waals surface area contributed by atoms with Gasteiger partial charge in [-0.3, -0.25) is 4.90 Å². The molecule has 1 aromatic heterocycles. The summed E-state index contributed by atoms with van der Waals surface area (Å²) in [5, 5.41) is 3.99.